The average molecular weight is 274 g/mol. The second-order valence-corrected chi connectivity index (χ2v) is 4.59. The fraction of sp³-hybridized carbons (Fsp3) is 0.455. The summed E-state index contributed by atoms with van der Waals surface area (Å²) >= 11 is 3.23. The van der Waals surface area contributed by atoms with Gasteiger partial charge in [-0.3, -0.25) is 0 Å². The monoisotopic (exact) mass is 273 g/mol. The lowest BCUT2D eigenvalue weighted by molar-refractivity contribution is 0.189. The highest BCUT2D eigenvalue weighted by Gasteiger charge is 2.15. The van der Waals surface area contributed by atoms with Crippen molar-refractivity contribution in [1.29, 1.82) is 0 Å². The van der Waals surface area contributed by atoms with Crippen molar-refractivity contribution in [3.05, 3.63) is 34.1 Å². The van der Waals surface area contributed by atoms with Gasteiger partial charge in [-0.05, 0) is 18.6 Å². The van der Waals surface area contributed by atoms with Crippen molar-refractivity contribution in [3.8, 4) is 0 Å². The van der Waals surface area contributed by atoms with Crippen molar-refractivity contribution in [2.75, 3.05) is 13.2 Å². The first-order valence-electron chi connectivity index (χ1n) is 5.01. The quantitative estimate of drug-likeness (QED) is 0.914. The molecule has 1 saturated heterocycles. The van der Waals surface area contributed by atoms with Crippen molar-refractivity contribution in [3.63, 3.8) is 0 Å². The number of ether oxygens (including phenoxy) is 1. The Hall–Kier alpha value is -0.450. The van der Waals surface area contributed by atoms with Gasteiger partial charge >= 0.3 is 0 Å². The van der Waals surface area contributed by atoms with Gasteiger partial charge in [0.15, 0.2) is 0 Å². The van der Waals surface area contributed by atoms with Gasteiger partial charge in [0.25, 0.3) is 0 Å². The molecule has 15 heavy (non-hydrogen) atoms. The summed E-state index contributed by atoms with van der Waals surface area (Å²) in [4.78, 5) is 0. The van der Waals surface area contributed by atoms with Gasteiger partial charge < -0.3 is 10.1 Å². The van der Waals surface area contributed by atoms with Crippen molar-refractivity contribution in [2.24, 2.45) is 0 Å². The Labute approximate surface area is 96.9 Å². The lowest BCUT2D eigenvalue weighted by atomic mass is 10.2. The van der Waals surface area contributed by atoms with Crippen molar-refractivity contribution in [2.45, 2.75) is 19.0 Å². The summed E-state index contributed by atoms with van der Waals surface area (Å²) in [6.07, 6.45) is 1.01. The van der Waals surface area contributed by atoms with Gasteiger partial charge in [-0.15, -0.1) is 0 Å². The second-order valence-electron chi connectivity index (χ2n) is 3.68. The molecule has 0 amide bonds. The molecule has 1 aliphatic rings. The lowest BCUT2D eigenvalue weighted by Crippen LogP contribution is -2.28. The summed E-state index contributed by atoms with van der Waals surface area (Å²) in [6.45, 7) is 2.10. The molecule has 2 rings (SSSR count). The highest BCUT2D eigenvalue weighted by Crippen LogP contribution is 2.15. The van der Waals surface area contributed by atoms with Crippen LogP contribution in [0.4, 0.5) is 4.39 Å². The number of hydrogen-bond donors (Lipinski definition) is 1. The molecule has 1 aromatic carbocycles. The molecule has 1 heterocycles. The third-order valence-corrected chi connectivity index (χ3v) is 3.02. The molecule has 4 heteroatoms. The molecule has 1 unspecified atom stereocenters. The summed E-state index contributed by atoms with van der Waals surface area (Å²) in [5.41, 5.74) is 0.699. The van der Waals surface area contributed by atoms with Crippen molar-refractivity contribution in [1.82, 2.24) is 5.32 Å². The molecule has 1 aromatic rings. The SMILES string of the molecule is Fc1cc(Br)ccc1CNC1CCOC1. The molecule has 1 atom stereocenters. The van der Waals surface area contributed by atoms with Crippen LogP contribution >= 0.6 is 15.9 Å². The summed E-state index contributed by atoms with van der Waals surface area (Å²) in [7, 11) is 0. The minimum atomic E-state index is -0.171. The van der Waals surface area contributed by atoms with Gasteiger partial charge in [-0.1, -0.05) is 22.0 Å². The Kier molecular flexibility index (Phi) is 3.72. The van der Waals surface area contributed by atoms with Crippen LogP contribution in [-0.4, -0.2) is 19.3 Å². The fourth-order valence-corrected chi connectivity index (χ4v) is 1.95. The average Bonchev–Trinajstić information content (AvgIpc) is 2.69. The van der Waals surface area contributed by atoms with Crippen LogP contribution in [0.3, 0.4) is 0 Å². The predicted octanol–water partition coefficient (Wildman–Crippen LogP) is 2.47. The van der Waals surface area contributed by atoms with Crippen molar-refractivity contribution < 1.29 is 9.13 Å². The number of rotatable bonds is 3. The highest BCUT2D eigenvalue weighted by molar-refractivity contribution is 9.10. The van der Waals surface area contributed by atoms with E-state index in [1.165, 1.54) is 6.07 Å². The number of benzene rings is 1. The van der Waals surface area contributed by atoms with E-state index < -0.39 is 0 Å². The van der Waals surface area contributed by atoms with Gasteiger partial charge in [-0.2, -0.15) is 0 Å². The maximum atomic E-state index is 13.4. The molecule has 1 aliphatic heterocycles. The van der Waals surface area contributed by atoms with E-state index >= 15 is 0 Å². The number of hydrogen-bond acceptors (Lipinski definition) is 2. The van der Waals surface area contributed by atoms with Gasteiger partial charge in [0.2, 0.25) is 0 Å². The van der Waals surface area contributed by atoms with Gasteiger partial charge in [-0.25, -0.2) is 4.39 Å². The van der Waals surface area contributed by atoms with Crippen LogP contribution in [0.15, 0.2) is 22.7 Å². The first kappa shape index (κ1) is 11.0. The van der Waals surface area contributed by atoms with Crippen molar-refractivity contribution >= 4 is 15.9 Å². The van der Waals surface area contributed by atoms with Gasteiger partial charge in [0.05, 0.1) is 6.61 Å². The second kappa shape index (κ2) is 5.05. The number of halogens is 2. The highest BCUT2D eigenvalue weighted by atomic mass is 79.9. The zero-order chi connectivity index (χ0) is 10.7. The zero-order valence-electron chi connectivity index (χ0n) is 8.30. The summed E-state index contributed by atoms with van der Waals surface area (Å²) in [5.74, 6) is -0.171. The Morgan fingerprint density at radius 1 is 1.53 bits per heavy atom. The molecule has 0 saturated carbocycles. The van der Waals surface area contributed by atoms with Crippen LogP contribution in [0.5, 0.6) is 0 Å². The van der Waals surface area contributed by atoms with Crippen LogP contribution < -0.4 is 5.32 Å². The maximum absolute atomic E-state index is 13.4. The third kappa shape index (κ3) is 3.00. The zero-order valence-corrected chi connectivity index (χ0v) is 9.89. The molecule has 0 spiro atoms. The van der Waals surface area contributed by atoms with Crippen LogP contribution in [0.25, 0.3) is 0 Å². The minimum absolute atomic E-state index is 0.171. The molecular formula is C11H13BrFNO. The van der Waals surface area contributed by atoms with E-state index in [2.05, 4.69) is 21.2 Å². The Bertz CT molecular complexity index is 339. The first-order valence-corrected chi connectivity index (χ1v) is 5.80. The summed E-state index contributed by atoms with van der Waals surface area (Å²) in [5, 5.41) is 3.28. The molecule has 0 aliphatic carbocycles. The first-order chi connectivity index (χ1) is 7.25. The fourth-order valence-electron chi connectivity index (χ4n) is 1.61. The van der Waals surface area contributed by atoms with Crippen LogP contribution in [0, 0.1) is 5.82 Å². The van der Waals surface area contributed by atoms with Crippen LogP contribution in [-0.2, 0) is 11.3 Å². The van der Waals surface area contributed by atoms with E-state index in [1.54, 1.807) is 6.07 Å². The predicted molar refractivity (Wildman–Crippen MR) is 60.2 cm³/mol. The smallest absolute Gasteiger partial charge is 0.128 e. The number of nitrogens with one attached hydrogen (secondary N) is 1. The van der Waals surface area contributed by atoms with E-state index in [4.69, 9.17) is 4.74 Å². The maximum Gasteiger partial charge on any atom is 0.128 e. The molecule has 0 bridgehead atoms. The molecule has 1 fully saturated rings. The standard InChI is InChI=1S/C11H13BrFNO/c12-9-2-1-8(11(13)5-9)6-14-10-3-4-15-7-10/h1-2,5,10,14H,3-4,6-7H2. The van der Waals surface area contributed by atoms with E-state index in [-0.39, 0.29) is 5.82 Å². The van der Waals surface area contributed by atoms with Crippen LogP contribution in [0.2, 0.25) is 0 Å². The molecular weight excluding hydrogens is 261 g/mol. The molecule has 2 nitrogen and oxygen atoms in total. The van der Waals surface area contributed by atoms with E-state index in [0.717, 1.165) is 24.1 Å². The van der Waals surface area contributed by atoms with E-state index in [9.17, 15) is 4.39 Å². The molecule has 0 aromatic heterocycles. The largest absolute Gasteiger partial charge is 0.380 e. The Morgan fingerprint density at radius 3 is 3.07 bits per heavy atom. The minimum Gasteiger partial charge on any atom is -0.380 e. The normalized spacial score (nSPS) is 20.8. The van der Waals surface area contributed by atoms with Crippen LogP contribution in [0.1, 0.15) is 12.0 Å². The topological polar surface area (TPSA) is 21.3 Å². The lowest BCUT2D eigenvalue weighted by Gasteiger charge is -2.10. The summed E-state index contributed by atoms with van der Waals surface area (Å²) in [6, 6.07) is 5.50. The Balaban J connectivity index is 1.92. The van der Waals surface area contributed by atoms with E-state index in [1.807, 2.05) is 6.07 Å². The molecule has 82 valence electrons. The molecule has 1 N–H and O–H groups in total. The van der Waals surface area contributed by atoms with Gasteiger partial charge in [0, 0.05) is 29.2 Å². The van der Waals surface area contributed by atoms with Gasteiger partial charge in [0.1, 0.15) is 5.82 Å². The third-order valence-electron chi connectivity index (χ3n) is 2.53. The Morgan fingerprint density at radius 2 is 2.40 bits per heavy atom. The van der Waals surface area contributed by atoms with E-state index in [0.29, 0.717) is 18.2 Å². The molecule has 0 radical (unpaired) electrons. The summed E-state index contributed by atoms with van der Waals surface area (Å²) < 4.78 is 19.4.